The lowest BCUT2D eigenvalue weighted by molar-refractivity contribution is 0.228. The van der Waals surface area contributed by atoms with Gasteiger partial charge in [0, 0.05) is 22.5 Å². The first kappa shape index (κ1) is 13.2. The van der Waals surface area contributed by atoms with Gasteiger partial charge in [-0.1, -0.05) is 6.92 Å². The molecule has 0 spiro atoms. The van der Waals surface area contributed by atoms with Crippen molar-refractivity contribution in [3.05, 3.63) is 20.8 Å². The number of aliphatic hydroxyl groups excluding tert-OH is 1. The van der Waals surface area contributed by atoms with Gasteiger partial charge < -0.3 is 10.4 Å². The van der Waals surface area contributed by atoms with Crippen LogP contribution in [0.4, 0.5) is 0 Å². The zero-order valence-corrected chi connectivity index (χ0v) is 11.4. The van der Waals surface area contributed by atoms with E-state index in [1.165, 1.54) is 9.35 Å². The summed E-state index contributed by atoms with van der Waals surface area (Å²) >= 11 is 5.28. The molecule has 4 heteroatoms. The summed E-state index contributed by atoms with van der Waals surface area (Å²) in [5.74, 6) is 0.431. The number of hydrogen-bond acceptors (Lipinski definition) is 3. The van der Waals surface area contributed by atoms with E-state index in [0.29, 0.717) is 12.5 Å². The first-order valence-corrected chi connectivity index (χ1v) is 6.94. The van der Waals surface area contributed by atoms with E-state index in [4.69, 9.17) is 5.11 Å². The zero-order chi connectivity index (χ0) is 11.1. The average Bonchev–Trinajstić information content (AvgIpc) is 2.63. The summed E-state index contributed by atoms with van der Waals surface area (Å²) in [6.45, 7) is 4.34. The number of nitrogens with one attached hydrogen (secondary N) is 1. The molecule has 0 radical (unpaired) electrons. The second-order valence-electron chi connectivity index (χ2n) is 3.80. The summed E-state index contributed by atoms with van der Waals surface area (Å²) in [6, 6.07) is 2.08. The molecule has 2 N–H and O–H groups in total. The van der Waals surface area contributed by atoms with Crippen LogP contribution in [-0.4, -0.2) is 18.3 Å². The van der Waals surface area contributed by atoms with Crippen molar-refractivity contribution in [2.45, 2.75) is 26.3 Å². The summed E-state index contributed by atoms with van der Waals surface area (Å²) in [6.07, 6.45) is 2.22. The molecule has 15 heavy (non-hydrogen) atoms. The van der Waals surface area contributed by atoms with Crippen LogP contribution in [0.5, 0.6) is 0 Å². The minimum atomic E-state index is 0.302. The average molecular weight is 292 g/mol. The summed E-state index contributed by atoms with van der Waals surface area (Å²) < 4.78 is 1.20. The molecule has 2 nitrogen and oxygen atoms in total. The number of aliphatic hydroxyl groups is 1. The van der Waals surface area contributed by atoms with Crippen molar-refractivity contribution < 1.29 is 5.11 Å². The molecule has 0 bridgehead atoms. The van der Waals surface area contributed by atoms with Crippen molar-refractivity contribution in [1.82, 2.24) is 5.32 Å². The van der Waals surface area contributed by atoms with E-state index < -0.39 is 0 Å². The maximum atomic E-state index is 8.85. The number of hydrogen-bond donors (Lipinski definition) is 2. The van der Waals surface area contributed by atoms with Crippen LogP contribution in [0.1, 0.15) is 24.6 Å². The van der Waals surface area contributed by atoms with Gasteiger partial charge in [-0.2, -0.15) is 0 Å². The van der Waals surface area contributed by atoms with Crippen molar-refractivity contribution in [3.63, 3.8) is 0 Å². The first-order chi connectivity index (χ1) is 7.24. The third-order valence-corrected chi connectivity index (χ3v) is 4.27. The fourth-order valence-electron chi connectivity index (χ4n) is 1.32. The molecule has 1 heterocycles. The van der Waals surface area contributed by atoms with Crippen LogP contribution in [-0.2, 0) is 6.54 Å². The van der Waals surface area contributed by atoms with Crippen molar-refractivity contribution in [2.75, 3.05) is 13.2 Å². The van der Waals surface area contributed by atoms with E-state index in [0.717, 1.165) is 25.9 Å². The Kier molecular flexibility index (Phi) is 6.48. The quantitative estimate of drug-likeness (QED) is 0.757. The molecular weight excluding hydrogens is 274 g/mol. The molecule has 0 saturated heterocycles. The van der Waals surface area contributed by atoms with Gasteiger partial charge >= 0.3 is 0 Å². The Balaban J connectivity index is 2.05. The van der Waals surface area contributed by atoms with E-state index in [9.17, 15) is 0 Å². The van der Waals surface area contributed by atoms with Crippen LogP contribution in [0.2, 0.25) is 0 Å². The molecule has 1 atom stereocenters. The molecule has 86 valence electrons. The van der Waals surface area contributed by atoms with Gasteiger partial charge in [0.15, 0.2) is 0 Å². The lowest BCUT2D eigenvalue weighted by atomic mass is 10.1. The van der Waals surface area contributed by atoms with Crippen LogP contribution in [0.3, 0.4) is 0 Å². The Morgan fingerprint density at radius 2 is 2.40 bits per heavy atom. The largest absolute Gasteiger partial charge is 0.396 e. The lowest BCUT2D eigenvalue weighted by Crippen LogP contribution is -2.15. The Hall–Kier alpha value is 0.100. The van der Waals surface area contributed by atoms with E-state index in [-0.39, 0.29) is 0 Å². The first-order valence-electron chi connectivity index (χ1n) is 5.27. The minimum Gasteiger partial charge on any atom is -0.396 e. The molecule has 1 aromatic rings. The fourth-order valence-corrected chi connectivity index (χ4v) is 2.78. The number of thiophene rings is 1. The summed E-state index contributed by atoms with van der Waals surface area (Å²) in [4.78, 5) is 1.35. The Morgan fingerprint density at radius 1 is 1.60 bits per heavy atom. The molecule has 1 rings (SSSR count). The maximum absolute atomic E-state index is 8.85. The highest BCUT2D eigenvalue weighted by molar-refractivity contribution is 9.10. The second-order valence-corrected chi connectivity index (χ2v) is 5.65. The molecule has 0 fully saturated rings. The highest BCUT2D eigenvalue weighted by atomic mass is 79.9. The Labute approximate surface area is 104 Å². The van der Waals surface area contributed by atoms with Crippen molar-refractivity contribution in [3.8, 4) is 0 Å². The highest BCUT2D eigenvalue weighted by Crippen LogP contribution is 2.22. The van der Waals surface area contributed by atoms with Crippen molar-refractivity contribution in [2.24, 2.45) is 5.92 Å². The molecule has 0 aliphatic rings. The van der Waals surface area contributed by atoms with Gasteiger partial charge in [-0.3, -0.25) is 0 Å². The molecule has 0 aliphatic carbocycles. The molecule has 0 aromatic carbocycles. The maximum Gasteiger partial charge on any atom is 0.0456 e. The normalized spacial score (nSPS) is 13.0. The zero-order valence-electron chi connectivity index (χ0n) is 9.00. The molecule has 1 unspecified atom stereocenters. The Bertz CT molecular complexity index is 277. The molecule has 0 aliphatic heterocycles. The van der Waals surface area contributed by atoms with E-state index in [1.807, 2.05) is 0 Å². The van der Waals surface area contributed by atoms with Crippen molar-refractivity contribution in [1.29, 1.82) is 0 Å². The van der Waals surface area contributed by atoms with Gasteiger partial charge in [-0.25, -0.2) is 0 Å². The Morgan fingerprint density at radius 3 is 3.00 bits per heavy atom. The molecule has 0 saturated carbocycles. The van der Waals surface area contributed by atoms with Gasteiger partial charge in [0.05, 0.1) is 0 Å². The second kappa shape index (κ2) is 7.39. The number of rotatable bonds is 7. The molecule has 0 amide bonds. The topological polar surface area (TPSA) is 32.3 Å². The highest BCUT2D eigenvalue weighted by Gasteiger charge is 2.01. The van der Waals surface area contributed by atoms with Crippen LogP contribution in [0, 0.1) is 5.92 Å². The predicted octanol–water partition coefficient (Wildman–Crippen LogP) is 3.01. The van der Waals surface area contributed by atoms with Crippen LogP contribution in [0.25, 0.3) is 0 Å². The minimum absolute atomic E-state index is 0.302. The molecule has 1 aromatic heterocycles. The monoisotopic (exact) mass is 291 g/mol. The van der Waals surface area contributed by atoms with Gasteiger partial charge in [0.1, 0.15) is 0 Å². The van der Waals surface area contributed by atoms with E-state index in [1.54, 1.807) is 11.3 Å². The standard InChI is InChI=1S/C11H18BrNOS/c1-9(8-14)3-2-5-13-7-11-10(12)4-6-15-11/h4,6,9,13-14H,2-3,5,7-8H2,1H3. The fraction of sp³-hybridized carbons (Fsp3) is 0.636. The van der Waals surface area contributed by atoms with E-state index >= 15 is 0 Å². The summed E-state index contributed by atoms with van der Waals surface area (Å²) in [7, 11) is 0. The lowest BCUT2D eigenvalue weighted by Gasteiger charge is -2.07. The van der Waals surface area contributed by atoms with Gasteiger partial charge in [0.25, 0.3) is 0 Å². The smallest absolute Gasteiger partial charge is 0.0456 e. The summed E-state index contributed by atoms with van der Waals surface area (Å²) in [5.41, 5.74) is 0. The predicted molar refractivity (Wildman–Crippen MR) is 69.2 cm³/mol. The third-order valence-electron chi connectivity index (χ3n) is 2.34. The van der Waals surface area contributed by atoms with Gasteiger partial charge in [0.2, 0.25) is 0 Å². The number of halogens is 1. The molecular formula is C11H18BrNOS. The van der Waals surface area contributed by atoms with Gasteiger partial charge in [-0.05, 0) is 52.7 Å². The third kappa shape index (κ3) is 5.11. The van der Waals surface area contributed by atoms with E-state index in [2.05, 4.69) is 39.6 Å². The van der Waals surface area contributed by atoms with Gasteiger partial charge in [-0.15, -0.1) is 11.3 Å². The van der Waals surface area contributed by atoms with Crippen LogP contribution < -0.4 is 5.32 Å². The van der Waals surface area contributed by atoms with Crippen molar-refractivity contribution >= 4 is 27.3 Å². The SMILES string of the molecule is CC(CO)CCCNCc1sccc1Br. The van der Waals surface area contributed by atoms with Crippen LogP contribution >= 0.6 is 27.3 Å². The van der Waals surface area contributed by atoms with Crippen LogP contribution in [0.15, 0.2) is 15.9 Å². The summed E-state index contributed by atoms with van der Waals surface area (Å²) in [5, 5.41) is 14.4.